The van der Waals surface area contributed by atoms with Gasteiger partial charge in [-0.05, 0) is 40.7 Å². The molecule has 0 aromatic carbocycles. The summed E-state index contributed by atoms with van der Waals surface area (Å²) < 4.78 is 9.44. The summed E-state index contributed by atoms with van der Waals surface area (Å²) in [5.41, 5.74) is -0.301. The first-order valence-electron chi connectivity index (χ1n) is 6.57. The van der Waals surface area contributed by atoms with Crippen LogP contribution < -0.4 is 0 Å². The van der Waals surface area contributed by atoms with Crippen LogP contribution in [-0.4, -0.2) is 35.2 Å². The minimum absolute atomic E-state index is 0.0433. The average molecular weight is 312 g/mol. The summed E-state index contributed by atoms with van der Waals surface area (Å²) >= 11 is 0. The molecule has 0 fully saturated rings. The van der Waals surface area contributed by atoms with Gasteiger partial charge in [-0.2, -0.15) is 0 Å². The van der Waals surface area contributed by atoms with Crippen molar-refractivity contribution in [2.24, 2.45) is 0 Å². The normalized spacial score (nSPS) is 10.7. The van der Waals surface area contributed by atoms with Crippen molar-refractivity contribution < 1.29 is 29.0 Å². The first-order valence-corrected chi connectivity index (χ1v) is 6.57. The van der Waals surface area contributed by atoms with Crippen molar-refractivity contribution in [2.45, 2.75) is 40.2 Å². The molecule has 0 radical (unpaired) electrons. The highest BCUT2D eigenvalue weighted by atomic mass is 16.6. The Kier molecular flexibility index (Phi) is 10.3. The van der Waals surface area contributed by atoms with Gasteiger partial charge >= 0.3 is 17.9 Å². The Hall–Kier alpha value is -2.37. The predicted molar refractivity (Wildman–Crippen MR) is 83.2 cm³/mol. The van der Waals surface area contributed by atoms with E-state index in [1.165, 1.54) is 13.0 Å². The van der Waals surface area contributed by atoms with E-state index in [1.807, 2.05) is 20.8 Å². The number of carboxylic acids is 1. The number of carbonyl (C=O) groups excluding carboxylic acids is 2. The Bertz CT molecular complexity index is 466. The van der Waals surface area contributed by atoms with Crippen LogP contribution in [0.1, 0.15) is 34.6 Å². The number of carbonyl (C=O) groups is 3. The van der Waals surface area contributed by atoms with Crippen LogP contribution in [0.15, 0.2) is 36.5 Å². The van der Waals surface area contributed by atoms with Gasteiger partial charge < -0.3 is 14.6 Å². The van der Waals surface area contributed by atoms with Crippen molar-refractivity contribution in [3.63, 3.8) is 0 Å². The summed E-state index contributed by atoms with van der Waals surface area (Å²) in [5, 5.41) is 8.48. The standard InChI is InChI=1S/C9H12O4.C7H12O2/c1-4-13-9(12)7(3)5-6(2)8(10)11;1-5-6(8)9-7(2,3)4/h5H,3-4H2,1-2H3,(H,10,11);5H,1H2,2-4H3. The second-order valence-corrected chi connectivity index (χ2v) is 5.12. The summed E-state index contributed by atoms with van der Waals surface area (Å²) in [6.45, 7) is 15.4. The molecule has 0 aromatic heterocycles. The Morgan fingerprint density at radius 1 is 1.23 bits per heavy atom. The highest BCUT2D eigenvalue weighted by Crippen LogP contribution is 2.06. The van der Waals surface area contributed by atoms with Gasteiger partial charge in [0.1, 0.15) is 5.60 Å². The molecule has 0 heterocycles. The van der Waals surface area contributed by atoms with Gasteiger partial charge in [0.15, 0.2) is 0 Å². The van der Waals surface area contributed by atoms with Crippen LogP contribution >= 0.6 is 0 Å². The number of hydrogen-bond donors (Lipinski definition) is 1. The maximum Gasteiger partial charge on any atom is 0.337 e. The summed E-state index contributed by atoms with van der Waals surface area (Å²) in [6.07, 6.45) is 2.34. The molecular formula is C16H24O6. The number of ether oxygens (including phenoxy) is 2. The van der Waals surface area contributed by atoms with E-state index in [0.29, 0.717) is 0 Å². The van der Waals surface area contributed by atoms with Gasteiger partial charge in [0.25, 0.3) is 0 Å². The van der Waals surface area contributed by atoms with Crippen molar-refractivity contribution in [1.29, 1.82) is 0 Å². The molecule has 0 rings (SSSR count). The first kappa shape index (κ1) is 21.9. The lowest BCUT2D eigenvalue weighted by molar-refractivity contribution is -0.148. The Labute approximate surface area is 131 Å². The van der Waals surface area contributed by atoms with Crippen molar-refractivity contribution in [3.8, 4) is 0 Å². The second kappa shape index (κ2) is 10.4. The fraction of sp³-hybridized carbons (Fsp3) is 0.438. The summed E-state index contributed by atoms with van der Waals surface area (Å²) in [7, 11) is 0. The number of rotatable bonds is 5. The van der Waals surface area contributed by atoms with Gasteiger partial charge in [0.05, 0.1) is 12.2 Å². The van der Waals surface area contributed by atoms with Gasteiger partial charge in [-0.3, -0.25) is 0 Å². The highest BCUT2D eigenvalue weighted by Gasteiger charge is 2.12. The van der Waals surface area contributed by atoms with E-state index in [1.54, 1.807) is 6.92 Å². The molecule has 0 unspecified atom stereocenters. The lowest BCUT2D eigenvalue weighted by atomic mass is 10.2. The topological polar surface area (TPSA) is 89.9 Å². The molecule has 0 amide bonds. The van der Waals surface area contributed by atoms with E-state index in [0.717, 1.165) is 6.08 Å². The lowest BCUT2D eigenvalue weighted by Gasteiger charge is -2.17. The molecule has 0 saturated heterocycles. The maximum absolute atomic E-state index is 10.9. The largest absolute Gasteiger partial charge is 0.478 e. The number of aliphatic carboxylic acids is 1. The van der Waals surface area contributed by atoms with Crippen LogP contribution in [0.5, 0.6) is 0 Å². The van der Waals surface area contributed by atoms with Crippen LogP contribution in [-0.2, 0) is 23.9 Å². The molecule has 0 aliphatic carbocycles. The molecule has 6 nitrogen and oxygen atoms in total. The van der Waals surface area contributed by atoms with Crippen molar-refractivity contribution >= 4 is 17.9 Å². The lowest BCUT2D eigenvalue weighted by Crippen LogP contribution is -2.22. The molecule has 22 heavy (non-hydrogen) atoms. The van der Waals surface area contributed by atoms with Gasteiger partial charge in [0.2, 0.25) is 0 Å². The third-order valence-electron chi connectivity index (χ3n) is 1.84. The number of carboxylic acid groups (broad SMARTS) is 1. The molecule has 0 saturated carbocycles. The van der Waals surface area contributed by atoms with E-state index in [2.05, 4.69) is 17.9 Å². The van der Waals surface area contributed by atoms with Crippen LogP contribution in [0.4, 0.5) is 0 Å². The highest BCUT2D eigenvalue weighted by molar-refractivity contribution is 5.94. The zero-order chi connectivity index (χ0) is 17.9. The first-order chi connectivity index (χ1) is 9.94. The monoisotopic (exact) mass is 312 g/mol. The summed E-state index contributed by atoms with van der Waals surface area (Å²) in [5.74, 6) is -2.05. The molecule has 0 bridgehead atoms. The molecule has 0 aromatic rings. The van der Waals surface area contributed by atoms with E-state index in [4.69, 9.17) is 9.84 Å². The van der Waals surface area contributed by atoms with Crippen LogP contribution in [0.3, 0.4) is 0 Å². The third kappa shape index (κ3) is 12.7. The minimum atomic E-state index is -1.08. The smallest absolute Gasteiger partial charge is 0.337 e. The quantitative estimate of drug-likeness (QED) is 0.477. The van der Waals surface area contributed by atoms with Crippen LogP contribution in [0, 0.1) is 0 Å². The SMILES string of the molecule is C=C(C=C(C)C(=O)O)C(=O)OCC.C=CC(=O)OC(C)(C)C. The number of hydrogen-bond acceptors (Lipinski definition) is 5. The van der Waals surface area contributed by atoms with Gasteiger partial charge in [-0.25, -0.2) is 14.4 Å². The molecule has 124 valence electrons. The van der Waals surface area contributed by atoms with Crippen LogP contribution in [0.25, 0.3) is 0 Å². The van der Waals surface area contributed by atoms with E-state index >= 15 is 0 Å². The van der Waals surface area contributed by atoms with Gasteiger partial charge in [-0.1, -0.05) is 13.2 Å². The van der Waals surface area contributed by atoms with Crippen molar-refractivity contribution in [1.82, 2.24) is 0 Å². The van der Waals surface area contributed by atoms with Crippen LogP contribution in [0.2, 0.25) is 0 Å². The van der Waals surface area contributed by atoms with Crippen molar-refractivity contribution in [3.05, 3.63) is 36.5 Å². The predicted octanol–water partition coefficient (Wildman–Crippen LogP) is 2.65. The van der Waals surface area contributed by atoms with Crippen molar-refractivity contribution in [2.75, 3.05) is 6.61 Å². The second-order valence-electron chi connectivity index (χ2n) is 5.12. The summed E-state index contributed by atoms with van der Waals surface area (Å²) in [6, 6.07) is 0. The number of esters is 2. The van der Waals surface area contributed by atoms with E-state index < -0.39 is 17.5 Å². The minimum Gasteiger partial charge on any atom is -0.478 e. The van der Waals surface area contributed by atoms with Gasteiger partial charge in [-0.15, -0.1) is 0 Å². The fourth-order valence-electron chi connectivity index (χ4n) is 0.949. The third-order valence-corrected chi connectivity index (χ3v) is 1.84. The Morgan fingerprint density at radius 2 is 1.73 bits per heavy atom. The molecule has 0 aliphatic heterocycles. The van der Waals surface area contributed by atoms with E-state index in [9.17, 15) is 14.4 Å². The Morgan fingerprint density at radius 3 is 2.00 bits per heavy atom. The van der Waals surface area contributed by atoms with E-state index in [-0.39, 0.29) is 23.7 Å². The molecule has 0 aliphatic rings. The van der Waals surface area contributed by atoms with Gasteiger partial charge in [0, 0.05) is 11.6 Å². The molecular weight excluding hydrogens is 288 g/mol. The average Bonchev–Trinajstić information content (AvgIpc) is 2.37. The zero-order valence-corrected chi connectivity index (χ0v) is 13.8. The molecule has 1 N–H and O–H groups in total. The molecule has 0 spiro atoms. The molecule has 0 atom stereocenters. The Balaban J connectivity index is 0. The zero-order valence-electron chi connectivity index (χ0n) is 13.8. The fourth-order valence-corrected chi connectivity index (χ4v) is 0.949. The summed E-state index contributed by atoms with van der Waals surface area (Å²) in [4.78, 5) is 31.8. The maximum atomic E-state index is 10.9. The molecule has 6 heteroatoms.